The normalized spacial score (nSPS) is 11.4. The van der Waals surface area contributed by atoms with Crippen molar-refractivity contribution in [3.8, 4) is 0 Å². The molecule has 104 valence electrons. The molecule has 0 saturated heterocycles. The number of unbranched alkanes of at least 4 members (excludes halogenated alkanes) is 2. The molecule has 0 unspecified atom stereocenters. The standard InChI is InChI=1S/C18H22N2/c1-19-12-6-2-3-7-14-10-11-18-16(13-14)15-8-4-5-9-17(15)20-18/h4-5,8-11,13,19-20H,2-3,6-7,12H2,1H3. The molecule has 0 aliphatic rings. The van der Waals surface area contributed by atoms with Crippen LogP contribution in [0.4, 0.5) is 0 Å². The van der Waals surface area contributed by atoms with Gasteiger partial charge in [-0.1, -0.05) is 30.7 Å². The molecule has 0 saturated carbocycles. The van der Waals surface area contributed by atoms with Crippen molar-refractivity contribution >= 4 is 21.8 Å². The molecule has 3 rings (SSSR count). The fraction of sp³-hybridized carbons (Fsp3) is 0.333. The molecule has 20 heavy (non-hydrogen) atoms. The van der Waals surface area contributed by atoms with E-state index in [1.807, 2.05) is 7.05 Å². The van der Waals surface area contributed by atoms with E-state index >= 15 is 0 Å². The Morgan fingerprint density at radius 3 is 2.65 bits per heavy atom. The lowest BCUT2D eigenvalue weighted by Gasteiger charge is -2.02. The highest BCUT2D eigenvalue weighted by molar-refractivity contribution is 6.07. The number of H-pyrrole nitrogens is 1. The summed E-state index contributed by atoms with van der Waals surface area (Å²) in [6.45, 7) is 1.13. The fourth-order valence-corrected chi connectivity index (χ4v) is 2.86. The Morgan fingerprint density at radius 1 is 0.900 bits per heavy atom. The maximum Gasteiger partial charge on any atom is 0.0465 e. The highest BCUT2D eigenvalue weighted by Gasteiger charge is 2.04. The maximum absolute atomic E-state index is 3.48. The zero-order valence-corrected chi connectivity index (χ0v) is 12.1. The van der Waals surface area contributed by atoms with Gasteiger partial charge in [-0.25, -0.2) is 0 Å². The van der Waals surface area contributed by atoms with Crippen LogP contribution < -0.4 is 5.32 Å². The summed E-state index contributed by atoms with van der Waals surface area (Å²) in [6.07, 6.45) is 5.02. The number of aromatic nitrogens is 1. The summed E-state index contributed by atoms with van der Waals surface area (Å²) in [4.78, 5) is 3.48. The van der Waals surface area contributed by atoms with Gasteiger partial charge in [-0.05, 0) is 56.6 Å². The molecule has 2 heteroatoms. The zero-order chi connectivity index (χ0) is 13.8. The smallest absolute Gasteiger partial charge is 0.0465 e. The summed E-state index contributed by atoms with van der Waals surface area (Å²) < 4.78 is 0. The third kappa shape index (κ3) is 2.70. The largest absolute Gasteiger partial charge is 0.355 e. The molecule has 1 heterocycles. The summed E-state index contributed by atoms with van der Waals surface area (Å²) >= 11 is 0. The highest BCUT2D eigenvalue weighted by atomic mass is 14.8. The molecule has 1 aromatic heterocycles. The van der Waals surface area contributed by atoms with Gasteiger partial charge >= 0.3 is 0 Å². The number of hydrogen-bond acceptors (Lipinski definition) is 1. The Bertz CT molecular complexity index is 697. The van der Waals surface area contributed by atoms with Crippen molar-refractivity contribution in [2.45, 2.75) is 25.7 Å². The Hall–Kier alpha value is -1.80. The van der Waals surface area contributed by atoms with Crippen LogP contribution in [-0.4, -0.2) is 18.6 Å². The van der Waals surface area contributed by atoms with Crippen molar-refractivity contribution in [1.82, 2.24) is 10.3 Å². The Labute approximate surface area is 120 Å². The molecule has 2 nitrogen and oxygen atoms in total. The fourth-order valence-electron chi connectivity index (χ4n) is 2.86. The van der Waals surface area contributed by atoms with Gasteiger partial charge in [-0.15, -0.1) is 0 Å². The lowest BCUT2D eigenvalue weighted by molar-refractivity contribution is 0.642. The van der Waals surface area contributed by atoms with E-state index in [4.69, 9.17) is 0 Å². The van der Waals surface area contributed by atoms with Crippen molar-refractivity contribution < 1.29 is 0 Å². The first-order chi connectivity index (χ1) is 9.88. The van der Waals surface area contributed by atoms with Gasteiger partial charge in [-0.3, -0.25) is 0 Å². The van der Waals surface area contributed by atoms with Crippen LogP contribution in [0.15, 0.2) is 42.5 Å². The summed E-state index contributed by atoms with van der Waals surface area (Å²) in [5.74, 6) is 0. The van der Waals surface area contributed by atoms with Crippen molar-refractivity contribution in [3.63, 3.8) is 0 Å². The number of fused-ring (bicyclic) bond motifs is 3. The van der Waals surface area contributed by atoms with Gasteiger partial charge in [0.25, 0.3) is 0 Å². The lowest BCUT2D eigenvalue weighted by atomic mass is 10.0. The zero-order valence-electron chi connectivity index (χ0n) is 12.1. The molecule has 0 atom stereocenters. The van der Waals surface area contributed by atoms with Crippen LogP contribution in [0.25, 0.3) is 21.8 Å². The monoisotopic (exact) mass is 266 g/mol. The van der Waals surface area contributed by atoms with Gasteiger partial charge in [0, 0.05) is 21.8 Å². The van der Waals surface area contributed by atoms with Crippen molar-refractivity contribution in [2.24, 2.45) is 0 Å². The van der Waals surface area contributed by atoms with E-state index in [0.29, 0.717) is 0 Å². The number of rotatable bonds is 6. The van der Waals surface area contributed by atoms with E-state index in [1.54, 1.807) is 0 Å². The van der Waals surface area contributed by atoms with Crippen LogP contribution in [0, 0.1) is 0 Å². The van der Waals surface area contributed by atoms with E-state index in [-0.39, 0.29) is 0 Å². The molecule has 0 spiro atoms. The molecule has 0 radical (unpaired) electrons. The van der Waals surface area contributed by atoms with Crippen molar-refractivity contribution in [2.75, 3.05) is 13.6 Å². The number of aromatic amines is 1. The lowest BCUT2D eigenvalue weighted by Crippen LogP contribution is -2.07. The molecule has 0 fully saturated rings. The number of aryl methyl sites for hydroxylation is 1. The number of nitrogens with one attached hydrogen (secondary N) is 2. The molecule has 2 N–H and O–H groups in total. The minimum absolute atomic E-state index is 1.13. The van der Waals surface area contributed by atoms with Crippen LogP contribution in [0.2, 0.25) is 0 Å². The van der Waals surface area contributed by atoms with Crippen LogP contribution in [0.3, 0.4) is 0 Å². The minimum Gasteiger partial charge on any atom is -0.355 e. The summed E-state index contributed by atoms with van der Waals surface area (Å²) in [7, 11) is 2.02. The second-order valence-electron chi connectivity index (χ2n) is 5.46. The van der Waals surface area contributed by atoms with Crippen LogP contribution in [-0.2, 0) is 6.42 Å². The summed E-state index contributed by atoms with van der Waals surface area (Å²) in [5, 5.41) is 5.89. The average molecular weight is 266 g/mol. The maximum atomic E-state index is 3.48. The predicted octanol–water partition coefficient (Wildman–Crippen LogP) is 4.25. The Morgan fingerprint density at radius 2 is 1.75 bits per heavy atom. The van der Waals surface area contributed by atoms with Gasteiger partial charge in [0.05, 0.1) is 0 Å². The molecule has 3 aromatic rings. The van der Waals surface area contributed by atoms with Crippen LogP contribution >= 0.6 is 0 Å². The van der Waals surface area contributed by atoms with E-state index in [9.17, 15) is 0 Å². The third-order valence-electron chi connectivity index (χ3n) is 3.96. The third-order valence-corrected chi connectivity index (χ3v) is 3.96. The molecule has 0 aliphatic heterocycles. The predicted molar refractivity (Wildman–Crippen MR) is 87.3 cm³/mol. The average Bonchev–Trinajstić information content (AvgIpc) is 2.85. The van der Waals surface area contributed by atoms with E-state index in [2.05, 4.69) is 52.8 Å². The first-order valence-corrected chi connectivity index (χ1v) is 7.52. The minimum atomic E-state index is 1.13. The molecule has 0 bridgehead atoms. The number of benzene rings is 2. The van der Waals surface area contributed by atoms with Crippen LogP contribution in [0.1, 0.15) is 24.8 Å². The van der Waals surface area contributed by atoms with Gasteiger partial charge in [0.1, 0.15) is 0 Å². The van der Waals surface area contributed by atoms with Gasteiger partial charge < -0.3 is 10.3 Å². The second kappa shape index (κ2) is 6.10. The highest BCUT2D eigenvalue weighted by Crippen LogP contribution is 2.26. The number of para-hydroxylation sites is 1. The Balaban J connectivity index is 1.77. The van der Waals surface area contributed by atoms with Gasteiger partial charge in [-0.2, -0.15) is 0 Å². The first-order valence-electron chi connectivity index (χ1n) is 7.52. The van der Waals surface area contributed by atoms with E-state index in [0.717, 1.165) is 6.54 Å². The quantitative estimate of drug-likeness (QED) is 0.641. The molecular weight excluding hydrogens is 244 g/mol. The molecule has 0 aliphatic carbocycles. The SMILES string of the molecule is CNCCCCCc1ccc2[nH]c3ccccc3c2c1. The number of hydrogen-bond donors (Lipinski definition) is 2. The van der Waals surface area contributed by atoms with Crippen molar-refractivity contribution in [3.05, 3.63) is 48.0 Å². The van der Waals surface area contributed by atoms with E-state index < -0.39 is 0 Å². The summed E-state index contributed by atoms with van der Waals surface area (Å²) in [5.41, 5.74) is 3.92. The second-order valence-corrected chi connectivity index (χ2v) is 5.46. The van der Waals surface area contributed by atoms with Crippen molar-refractivity contribution in [1.29, 1.82) is 0 Å². The molecule has 2 aromatic carbocycles. The Kier molecular flexibility index (Phi) is 4.03. The molecule has 0 amide bonds. The summed E-state index contributed by atoms with van der Waals surface area (Å²) in [6, 6.07) is 15.4. The first kappa shape index (κ1) is 13.2. The van der Waals surface area contributed by atoms with Gasteiger partial charge in [0.15, 0.2) is 0 Å². The van der Waals surface area contributed by atoms with E-state index in [1.165, 1.54) is 53.1 Å². The molecular formula is C18H22N2. The topological polar surface area (TPSA) is 27.8 Å². The van der Waals surface area contributed by atoms with Crippen LogP contribution in [0.5, 0.6) is 0 Å². The van der Waals surface area contributed by atoms with Gasteiger partial charge in [0.2, 0.25) is 0 Å².